The summed E-state index contributed by atoms with van der Waals surface area (Å²) in [5, 5.41) is 3.13. The second-order valence-electron chi connectivity index (χ2n) is 6.32. The van der Waals surface area contributed by atoms with E-state index >= 15 is 0 Å². The van der Waals surface area contributed by atoms with Gasteiger partial charge in [0.1, 0.15) is 5.76 Å². The number of imidazole rings is 1. The fourth-order valence-electron chi connectivity index (χ4n) is 3.42. The largest absolute Gasteiger partial charge is 0.455 e. The van der Waals surface area contributed by atoms with Crippen LogP contribution in [0.4, 0.5) is 0 Å². The van der Waals surface area contributed by atoms with Gasteiger partial charge < -0.3 is 14.3 Å². The minimum Gasteiger partial charge on any atom is -0.455 e. The molecule has 3 rings (SSSR count). The van der Waals surface area contributed by atoms with E-state index in [1.807, 2.05) is 18.6 Å². The Morgan fingerprint density at radius 2 is 2.21 bits per heavy atom. The van der Waals surface area contributed by atoms with E-state index in [9.17, 15) is 4.79 Å². The van der Waals surface area contributed by atoms with E-state index in [0.717, 1.165) is 44.7 Å². The van der Waals surface area contributed by atoms with E-state index < -0.39 is 0 Å². The number of aromatic nitrogens is 2. The van der Waals surface area contributed by atoms with Gasteiger partial charge in [-0.3, -0.25) is 9.69 Å². The normalized spacial score (nSPS) is 20.6. The molecular weight excluding hydrogens is 304 g/mol. The lowest BCUT2D eigenvalue weighted by Crippen LogP contribution is -2.38. The zero-order valence-electron chi connectivity index (χ0n) is 14.4. The Hall–Kier alpha value is -2.08. The third-order valence-corrected chi connectivity index (χ3v) is 4.86. The lowest BCUT2D eigenvalue weighted by molar-refractivity contribution is 0.0897. The Bertz CT molecular complexity index is 646. The molecule has 130 valence electrons. The maximum Gasteiger partial charge on any atom is 0.287 e. The number of carbonyl (C=O) groups is 1. The summed E-state index contributed by atoms with van der Waals surface area (Å²) in [6.45, 7) is 6.91. The summed E-state index contributed by atoms with van der Waals surface area (Å²) in [5.74, 6) is 1.10. The molecule has 1 saturated carbocycles. The molecule has 0 radical (unpaired) electrons. The van der Waals surface area contributed by atoms with Gasteiger partial charge in [0.15, 0.2) is 5.76 Å². The first-order valence-electron chi connectivity index (χ1n) is 8.80. The smallest absolute Gasteiger partial charge is 0.287 e. The van der Waals surface area contributed by atoms with E-state index in [1.54, 1.807) is 12.3 Å². The molecule has 1 aliphatic rings. The summed E-state index contributed by atoms with van der Waals surface area (Å²) >= 11 is 0. The van der Waals surface area contributed by atoms with Crippen LogP contribution < -0.4 is 5.32 Å². The molecule has 0 aromatic carbocycles. The minimum absolute atomic E-state index is 0.127. The van der Waals surface area contributed by atoms with Crippen LogP contribution in [0.3, 0.4) is 0 Å². The molecule has 2 aromatic rings. The molecule has 1 aliphatic carbocycles. The summed E-state index contributed by atoms with van der Waals surface area (Å²) in [6, 6.07) is 4.08. The van der Waals surface area contributed by atoms with Gasteiger partial charge in [-0.2, -0.15) is 0 Å². The maximum absolute atomic E-state index is 12.5. The van der Waals surface area contributed by atoms with Gasteiger partial charge in [-0.25, -0.2) is 4.98 Å². The molecule has 2 atom stereocenters. The first-order chi connectivity index (χ1) is 11.7. The van der Waals surface area contributed by atoms with Crippen LogP contribution >= 0.6 is 0 Å². The number of nitrogens with zero attached hydrogens (tertiary/aromatic N) is 3. The number of hydrogen-bond donors (Lipinski definition) is 1. The fraction of sp³-hybridized carbons (Fsp3) is 0.556. The molecule has 1 fully saturated rings. The number of amides is 1. The Morgan fingerprint density at radius 3 is 2.92 bits per heavy atom. The van der Waals surface area contributed by atoms with Crippen molar-refractivity contribution in [3.8, 4) is 0 Å². The van der Waals surface area contributed by atoms with Gasteiger partial charge in [-0.1, -0.05) is 13.8 Å². The molecule has 0 saturated heterocycles. The molecule has 2 aromatic heterocycles. The zero-order valence-corrected chi connectivity index (χ0v) is 14.4. The number of rotatable bonds is 7. The van der Waals surface area contributed by atoms with E-state index in [4.69, 9.17) is 4.42 Å². The van der Waals surface area contributed by atoms with Crippen molar-refractivity contribution in [3.63, 3.8) is 0 Å². The lowest BCUT2D eigenvalue weighted by Gasteiger charge is -2.21. The highest BCUT2D eigenvalue weighted by atomic mass is 16.4. The summed E-state index contributed by atoms with van der Waals surface area (Å²) < 4.78 is 7.83. The van der Waals surface area contributed by atoms with Crippen LogP contribution in [-0.2, 0) is 6.54 Å². The van der Waals surface area contributed by atoms with E-state index in [2.05, 4.69) is 33.6 Å². The van der Waals surface area contributed by atoms with Crippen LogP contribution in [0.25, 0.3) is 0 Å². The molecule has 24 heavy (non-hydrogen) atoms. The maximum atomic E-state index is 12.5. The topological polar surface area (TPSA) is 63.3 Å². The third kappa shape index (κ3) is 3.70. The second kappa shape index (κ2) is 7.66. The van der Waals surface area contributed by atoms with Crippen molar-refractivity contribution in [3.05, 3.63) is 42.4 Å². The number of carbonyl (C=O) groups excluding carboxylic acids is 1. The summed E-state index contributed by atoms with van der Waals surface area (Å²) in [6.07, 6.45) is 8.73. The van der Waals surface area contributed by atoms with Crippen molar-refractivity contribution in [1.29, 1.82) is 0 Å². The Kier molecular flexibility index (Phi) is 5.35. The molecule has 6 heteroatoms. The highest BCUT2D eigenvalue weighted by Crippen LogP contribution is 2.30. The summed E-state index contributed by atoms with van der Waals surface area (Å²) in [5.41, 5.74) is 0. The van der Waals surface area contributed by atoms with Gasteiger partial charge in [0.2, 0.25) is 0 Å². The molecule has 2 heterocycles. The zero-order chi connectivity index (χ0) is 16.9. The van der Waals surface area contributed by atoms with Crippen LogP contribution in [0, 0.1) is 0 Å². The molecule has 0 spiro atoms. The predicted octanol–water partition coefficient (Wildman–Crippen LogP) is 2.84. The van der Waals surface area contributed by atoms with Crippen LogP contribution in [0.5, 0.6) is 0 Å². The minimum atomic E-state index is -0.127. The Labute approximate surface area is 142 Å². The van der Waals surface area contributed by atoms with Gasteiger partial charge in [-0.15, -0.1) is 0 Å². The third-order valence-electron chi connectivity index (χ3n) is 4.86. The van der Waals surface area contributed by atoms with Gasteiger partial charge in [-0.05, 0) is 44.5 Å². The van der Waals surface area contributed by atoms with Gasteiger partial charge in [0, 0.05) is 12.4 Å². The van der Waals surface area contributed by atoms with Crippen LogP contribution in [-0.4, -0.2) is 39.5 Å². The van der Waals surface area contributed by atoms with Gasteiger partial charge >= 0.3 is 0 Å². The quantitative estimate of drug-likeness (QED) is 0.848. The molecule has 0 bridgehead atoms. The predicted molar refractivity (Wildman–Crippen MR) is 91.7 cm³/mol. The van der Waals surface area contributed by atoms with Crippen molar-refractivity contribution in [2.75, 3.05) is 13.1 Å². The van der Waals surface area contributed by atoms with Crippen molar-refractivity contribution in [1.82, 2.24) is 19.8 Å². The summed E-state index contributed by atoms with van der Waals surface area (Å²) in [4.78, 5) is 18.9. The van der Waals surface area contributed by atoms with Gasteiger partial charge in [0.05, 0.1) is 25.0 Å². The molecule has 0 unspecified atom stereocenters. The molecule has 0 aliphatic heterocycles. The van der Waals surface area contributed by atoms with Crippen molar-refractivity contribution >= 4 is 5.91 Å². The standard InChI is InChI=1S/C18H26N4O2/c1-3-21(4-2)12-14-8-9-17(24-14)18(23)20-15-6-5-7-16(15)22-11-10-19-13-22/h8-11,13,15-16H,3-7,12H2,1-2H3,(H,20,23)/t15-,16+/m1/s1. The lowest BCUT2D eigenvalue weighted by atomic mass is 10.1. The Balaban J connectivity index is 1.61. The molecule has 1 N–H and O–H groups in total. The number of hydrogen-bond acceptors (Lipinski definition) is 4. The van der Waals surface area contributed by atoms with E-state index in [1.165, 1.54) is 0 Å². The van der Waals surface area contributed by atoms with Crippen LogP contribution in [0.15, 0.2) is 35.3 Å². The van der Waals surface area contributed by atoms with E-state index in [0.29, 0.717) is 5.76 Å². The number of furan rings is 1. The molecule has 6 nitrogen and oxygen atoms in total. The van der Waals surface area contributed by atoms with Crippen molar-refractivity contribution in [2.45, 2.75) is 51.7 Å². The van der Waals surface area contributed by atoms with Crippen LogP contribution in [0.2, 0.25) is 0 Å². The fourth-order valence-corrected chi connectivity index (χ4v) is 3.42. The second-order valence-corrected chi connectivity index (χ2v) is 6.32. The molecular formula is C18H26N4O2. The van der Waals surface area contributed by atoms with E-state index in [-0.39, 0.29) is 18.0 Å². The summed E-state index contributed by atoms with van der Waals surface area (Å²) in [7, 11) is 0. The monoisotopic (exact) mass is 330 g/mol. The van der Waals surface area contributed by atoms with Gasteiger partial charge in [0.25, 0.3) is 5.91 Å². The molecule has 1 amide bonds. The van der Waals surface area contributed by atoms with Crippen molar-refractivity contribution < 1.29 is 9.21 Å². The SMILES string of the molecule is CCN(CC)Cc1ccc(C(=O)N[C@@H]2CCC[C@@H]2n2ccnc2)o1. The Morgan fingerprint density at radius 1 is 1.38 bits per heavy atom. The average molecular weight is 330 g/mol. The first-order valence-corrected chi connectivity index (χ1v) is 8.80. The highest BCUT2D eigenvalue weighted by molar-refractivity contribution is 5.91. The number of nitrogens with one attached hydrogen (secondary N) is 1. The first kappa shape index (κ1) is 16.8. The highest BCUT2D eigenvalue weighted by Gasteiger charge is 2.30. The van der Waals surface area contributed by atoms with Crippen molar-refractivity contribution in [2.24, 2.45) is 0 Å². The van der Waals surface area contributed by atoms with Crippen LogP contribution in [0.1, 0.15) is 55.5 Å². The average Bonchev–Trinajstić information content (AvgIpc) is 3.32.